The predicted octanol–water partition coefficient (Wildman–Crippen LogP) is 4.19. The molecule has 1 aromatic carbocycles. The van der Waals surface area contributed by atoms with Gasteiger partial charge in [0.2, 0.25) is 0 Å². The van der Waals surface area contributed by atoms with E-state index in [2.05, 4.69) is 40.3 Å². The summed E-state index contributed by atoms with van der Waals surface area (Å²) < 4.78 is 11.6. The second-order valence-corrected chi connectivity index (χ2v) is 6.02. The number of halogens is 1. The van der Waals surface area contributed by atoms with Gasteiger partial charge < -0.3 is 14.8 Å². The van der Waals surface area contributed by atoms with Gasteiger partial charge in [0.25, 0.3) is 0 Å². The molecule has 4 heteroatoms. The minimum atomic E-state index is 0.583. The summed E-state index contributed by atoms with van der Waals surface area (Å²) in [5, 5.41) is 3.44. The zero-order chi connectivity index (χ0) is 15.3. The normalized spacial score (nSPS) is 10.8. The molecule has 0 saturated heterocycles. The number of hydrogen-bond donors (Lipinski definition) is 1. The second kappa shape index (κ2) is 12.0. The Morgan fingerprint density at radius 3 is 2.67 bits per heavy atom. The summed E-state index contributed by atoms with van der Waals surface area (Å²) in [7, 11) is 1.68. The molecule has 1 N–H and O–H groups in total. The Bertz CT molecular complexity index is 385. The second-order valence-electron chi connectivity index (χ2n) is 5.17. The third-order valence-corrected chi connectivity index (χ3v) is 3.91. The highest BCUT2D eigenvalue weighted by Crippen LogP contribution is 2.26. The molecule has 1 rings (SSSR count). The van der Waals surface area contributed by atoms with E-state index < -0.39 is 0 Å². The molecule has 0 atom stereocenters. The Morgan fingerprint density at radius 1 is 1.10 bits per heavy atom. The maximum atomic E-state index is 5.63. The lowest BCUT2D eigenvalue weighted by Crippen LogP contribution is -2.15. The lowest BCUT2D eigenvalue weighted by atomic mass is 10.1. The van der Waals surface area contributed by atoms with Gasteiger partial charge in [0, 0.05) is 7.11 Å². The predicted molar refractivity (Wildman–Crippen MR) is 92.2 cm³/mol. The molecule has 0 heterocycles. The van der Waals surface area contributed by atoms with Gasteiger partial charge in [-0.15, -0.1) is 0 Å². The van der Waals surface area contributed by atoms with Crippen molar-refractivity contribution in [2.24, 2.45) is 0 Å². The quantitative estimate of drug-likeness (QED) is 0.569. The van der Waals surface area contributed by atoms with Crippen molar-refractivity contribution in [2.75, 3.05) is 33.4 Å². The van der Waals surface area contributed by atoms with Crippen molar-refractivity contribution < 1.29 is 9.47 Å². The first kappa shape index (κ1) is 18.5. The van der Waals surface area contributed by atoms with Crippen molar-refractivity contribution in [3.05, 3.63) is 28.2 Å². The number of nitrogens with one attached hydrogen (secondary N) is 1. The number of benzene rings is 1. The SMILES string of the molecule is CCCNCCCCCc1ccc(OCCOC)c(Br)c1. The van der Waals surface area contributed by atoms with Crippen LogP contribution in [0.5, 0.6) is 5.75 Å². The van der Waals surface area contributed by atoms with Crippen molar-refractivity contribution >= 4 is 15.9 Å². The summed E-state index contributed by atoms with van der Waals surface area (Å²) in [6.07, 6.45) is 6.13. The molecule has 0 amide bonds. The van der Waals surface area contributed by atoms with Crippen LogP contribution in [0.1, 0.15) is 38.2 Å². The minimum Gasteiger partial charge on any atom is -0.490 e. The van der Waals surface area contributed by atoms with Crippen LogP contribution in [0.15, 0.2) is 22.7 Å². The molecule has 0 unspecified atom stereocenters. The fourth-order valence-corrected chi connectivity index (χ4v) is 2.65. The molecule has 0 aromatic heterocycles. The molecule has 0 fully saturated rings. The molecular formula is C17H28BrNO2. The molecule has 0 saturated carbocycles. The van der Waals surface area contributed by atoms with E-state index in [4.69, 9.17) is 9.47 Å². The maximum absolute atomic E-state index is 5.63. The topological polar surface area (TPSA) is 30.5 Å². The Hall–Kier alpha value is -0.580. The third kappa shape index (κ3) is 8.44. The van der Waals surface area contributed by atoms with Crippen molar-refractivity contribution in [1.29, 1.82) is 0 Å². The Labute approximate surface area is 137 Å². The molecule has 1 aromatic rings. The van der Waals surface area contributed by atoms with Gasteiger partial charge in [0.05, 0.1) is 11.1 Å². The van der Waals surface area contributed by atoms with Crippen molar-refractivity contribution in [1.82, 2.24) is 5.32 Å². The first-order chi connectivity index (χ1) is 10.3. The van der Waals surface area contributed by atoms with Gasteiger partial charge in [0.1, 0.15) is 12.4 Å². The van der Waals surface area contributed by atoms with Crippen LogP contribution >= 0.6 is 15.9 Å². The summed E-state index contributed by atoms with van der Waals surface area (Å²) >= 11 is 3.57. The zero-order valence-electron chi connectivity index (χ0n) is 13.3. The van der Waals surface area contributed by atoms with E-state index in [1.807, 2.05) is 6.07 Å². The largest absolute Gasteiger partial charge is 0.490 e. The summed E-state index contributed by atoms with van der Waals surface area (Å²) in [5.74, 6) is 0.888. The molecule has 0 aliphatic carbocycles. The van der Waals surface area contributed by atoms with Crippen LogP contribution in [-0.4, -0.2) is 33.4 Å². The molecule has 120 valence electrons. The average molecular weight is 358 g/mol. The van der Waals surface area contributed by atoms with Crippen LogP contribution in [-0.2, 0) is 11.2 Å². The number of unbranched alkanes of at least 4 members (excludes halogenated alkanes) is 2. The number of methoxy groups -OCH3 is 1. The van der Waals surface area contributed by atoms with Crippen LogP contribution in [0.3, 0.4) is 0 Å². The van der Waals surface area contributed by atoms with E-state index in [9.17, 15) is 0 Å². The number of hydrogen-bond acceptors (Lipinski definition) is 3. The van der Waals surface area contributed by atoms with Gasteiger partial charge in [-0.05, 0) is 72.4 Å². The summed E-state index contributed by atoms with van der Waals surface area (Å²) in [6, 6.07) is 6.36. The highest BCUT2D eigenvalue weighted by Gasteiger charge is 2.03. The molecule has 0 aliphatic rings. The van der Waals surface area contributed by atoms with E-state index in [0.717, 1.165) is 29.7 Å². The Morgan fingerprint density at radius 2 is 1.95 bits per heavy atom. The summed E-state index contributed by atoms with van der Waals surface area (Å²) in [4.78, 5) is 0. The Balaban J connectivity index is 2.22. The maximum Gasteiger partial charge on any atom is 0.133 e. The van der Waals surface area contributed by atoms with E-state index >= 15 is 0 Å². The molecule has 3 nitrogen and oxygen atoms in total. The first-order valence-corrected chi connectivity index (χ1v) is 8.68. The fraction of sp³-hybridized carbons (Fsp3) is 0.647. The van der Waals surface area contributed by atoms with Crippen LogP contribution < -0.4 is 10.1 Å². The monoisotopic (exact) mass is 357 g/mol. The third-order valence-electron chi connectivity index (χ3n) is 3.29. The highest BCUT2D eigenvalue weighted by atomic mass is 79.9. The van der Waals surface area contributed by atoms with E-state index in [0.29, 0.717) is 13.2 Å². The van der Waals surface area contributed by atoms with E-state index in [1.54, 1.807) is 7.11 Å². The van der Waals surface area contributed by atoms with Crippen molar-refractivity contribution in [3.63, 3.8) is 0 Å². The lowest BCUT2D eigenvalue weighted by molar-refractivity contribution is 0.146. The Kier molecular flexibility index (Phi) is 10.6. The highest BCUT2D eigenvalue weighted by molar-refractivity contribution is 9.10. The van der Waals surface area contributed by atoms with Gasteiger partial charge in [-0.3, -0.25) is 0 Å². The molecule has 21 heavy (non-hydrogen) atoms. The van der Waals surface area contributed by atoms with Gasteiger partial charge >= 0.3 is 0 Å². The van der Waals surface area contributed by atoms with Gasteiger partial charge in [-0.25, -0.2) is 0 Å². The van der Waals surface area contributed by atoms with Gasteiger partial charge in [-0.2, -0.15) is 0 Å². The van der Waals surface area contributed by atoms with Crippen LogP contribution in [0.4, 0.5) is 0 Å². The van der Waals surface area contributed by atoms with Crippen molar-refractivity contribution in [2.45, 2.75) is 39.0 Å². The number of aryl methyl sites for hydroxylation is 1. The van der Waals surface area contributed by atoms with E-state index in [1.165, 1.54) is 31.2 Å². The standard InChI is InChI=1S/C17H28BrNO2/c1-3-10-19-11-6-4-5-7-15-8-9-17(16(18)14-15)21-13-12-20-2/h8-9,14,19H,3-7,10-13H2,1-2H3. The summed E-state index contributed by atoms with van der Waals surface area (Å²) in [6.45, 7) is 5.67. The number of rotatable bonds is 12. The summed E-state index contributed by atoms with van der Waals surface area (Å²) in [5.41, 5.74) is 1.36. The van der Waals surface area contributed by atoms with E-state index in [-0.39, 0.29) is 0 Å². The molecule has 0 radical (unpaired) electrons. The van der Waals surface area contributed by atoms with Crippen LogP contribution in [0.25, 0.3) is 0 Å². The van der Waals surface area contributed by atoms with Crippen LogP contribution in [0, 0.1) is 0 Å². The average Bonchev–Trinajstić information content (AvgIpc) is 2.48. The molecule has 0 spiro atoms. The lowest BCUT2D eigenvalue weighted by Gasteiger charge is -2.09. The zero-order valence-corrected chi connectivity index (χ0v) is 14.9. The van der Waals surface area contributed by atoms with Gasteiger partial charge in [-0.1, -0.05) is 19.4 Å². The fourth-order valence-electron chi connectivity index (χ4n) is 2.11. The molecular weight excluding hydrogens is 330 g/mol. The van der Waals surface area contributed by atoms with Gasteiger partial charge in [0.15, 0.2) is 0 Å². The number of ether oxygens (including phenoxy) is 2. The smallest absolute Gasteiger partial charge is 0.133 e. The molecule has 0 bridgehead atoms. The van der Waals surface area contributed by atoms with Crippen molar-refractivity contribution in [3.8, 4) is 5.75 Å². The minimum absolute atomic E-state index is 0.583. The van der Waals surface area contributed by atoms with Crippen LogP contribution in [0.2, 0.25) is 0 Å². The molecule has 0 aliphatic heterocycles. The first-order valence-electron chi connectivity index (χ1n) is 7.88.